The third-order valence-electron chi connectivity index (χ3n) is 5.62. The molecule has 0 unspecified atom stereocenters. The van der Waals surface area contributed by atoms with E-state index in [9.17, 15) is 9.59 Å². The standard InChI is InChI=1S/C19H29N5O2/c1-15(18(25)22-19(26)21-16-7-3-2-4-8-16)23-11-13-24(14-12-23)17-9-5-6-10-20-17/h5-6,9-10,15-16H,2-4,7-8,11-14H2,1H3,(H2,21,22,25,26)/p+2/t15-/m0/s1. The fraction of sp³-hybridized carbons (Fsp3) is 0.632. The van der Waals surface area contributed by atoms with E-state index in [0.29, 0.717) is 0 Å². The minimum absolute atomic E-state index is 0.187. The van der Waals surface area contributed by atoms with Gasteiger partial charge in [0.25, 0.3) is 11.7 Å². The number of aromatic amines is 1. The molecule has 1 saturated heterocycles. The van der Waals surface area contributed by atoms with Crippen LogP contribution in [-0.4, -0.2) is 50.2 Å². The number of rotatable bonds is 4. The highest BCUT2D eigenvalue weighted by molar-refractivity contribution is 5.96. The lowest BCUT2D eigenvalue weighted by Gasteiger charge is -2.31. The predicted octanol–water partition coefficient (Wildman–Crippen LogP) is -0.247. The topological polar surface area (TPSA) is 80.0 Å². The molecule has 0 radical (unpaired) electrons. The molecule has 2 fully saturated rings. The highest BCUT2D eigenvalue weighted by Gasteiger charge is 2.33. The Morgan fingerprint density at radius 3 is 2.58 bits per heavy atom. The van der Waals surface area contributed by atoms with Gasteiger partial charge in [0.1, 0.15) is 26.2 Å². The van der Waals surface area contributed by atoms with Gasteiger partial charge < -0.3 is 10.2 Å². The number of carbonyl (C=O) groups is 2. The van der Waals surface area contributed by atoms with Gasteiger partial charge in [-0.2, -0.15) is 0 Å². The molecule has 142 valence electrons. The Kier molecular flexibility index (Phi) is 6.44. The number of H-pyrrole nitrogens is 1. The van der Waals surface area contributed by atoms with E-state index in [1.807, 2.05) is 25.3 Å². The number of nitrogens with zero attached hydrogens (tertiary/aromatic N) is 1. The number of imide groups is 1. The fourth-order valence-electron chi connectivity index (χ4n) is 3.92. The summed E-state index contributed by atoms with van der Waals surface area (Å²) < 4.78 is 0. The number of pyridine rings is 1. The Bertz CT molecular complexity index is 595. The first kappa shape index (κ1) is 18.6. The van der Waals surface area contributed by atoms with Crippen LogP contribution in [0, 0.1) is 0 Å². The molecule has 7 nitrogen and oxygen atoms in total. The smallest absolute Gasteiger partial charge is 0.321 e. The molecular weight excluding hydrogens is 330 g/mol. The first-order valence-corrected chi connectivity index (χ1v) is 9.81. The minimum Gasteiger partial charge on any atom is -0.335 e. The van der Waals surface area contributed by atoms with Gasteiger partial charge in [0.2, 0.25) is 0 Å². The molecule has 1 aliphatic heterocycles. The van der Waals surface area contributed by atoms with Crippen LogP contribution >= 0.6 is 0 Å². The first-order chi connectivity index (χ1) is 12.6. The maximum Gasteiger partial charge on any atom is 0.321 e. The first-order valence-electron chi connectivity index (χ1n) is 9.81. The molecule has 2 heterocycles. The number of piperazine rings is 1. The van der Waals surface area contributed by atoms with Crippen molar-refractivity contribution in [2.24, 2.45) is 0 Å². The van der Waals surface area contributed by atoms with Crippen LogP contribution < -0.4 is 25.4 Å². The van der Waals surface area contributed by atoms with Gasteiger partial charge in [0.05, 0.1) is 6.20 Å². The van der Waals surface area contributed by atoms with Gasteiger partial charge >= 0.3 is 6.03 Å². The summed E-state index contributed by atoms with van der Waals surface area (Å²) in [4.78, 5) is 31.3. The van der Waals surface area contributed by atoms with Crippen molar-refractivity contribution in [3.05, 3.63) is 24.4 Å². The van der Waals surface area contributed by atoms with Crippen molar-refractivity contribution in [1.29, 1.82) is 0 Å². The van der Waals surface area contributed by atoms with Crippen molar-refractivity contribution in [2.45, 2.75) is 51.1 Å². The number of anilines is 1. The second-order valence-electron chi connectivity index (χ2n) is 7.41. The van der Waals surface area contributed by atoms with Crippen LogP contribution in [0.3, 0.4) is 0 Å². The van der Waals surface area contributed by atoms with Gasteiger partial charge in [-0.1, -0.05) is 25.3 Å². The monoisotopic (exact) mass is 361 g/mol. The lowest BCUT2D eigenvalue weighted by Crippen LogP contribution is -3.19. The molecule has 1 saturated carbocycles. The van der Waals surface area contributed by atoms with E-state index in [1.165, 1.54) is 11.3 Å². The van der Waals surface area contributed by atoms with E-state index in [1.54, 1.807) is 0 Å². The van der Waals surface area contributed by atoms with Crippen molar-refractivity contribution < 1.29 is 19.5 Å². The van der Waals surface area contributed by atoms with Crippen LogP contribution in [-0.2, 0) is 4.79 Å². The quantitative estimate of drug-likeness (QED) is 0.692. The highest BCUT2D eigenvalue weighted by Crippen LogP contribution is 2.17. The molecule has 0 aromatic carbocycles. The number of nitrogens with one attached hydrogen (secondary N) is 4. The van der Waals surface area contributed by atoms with Gasteiger partial charge in [-0.15, -0.1) is 0 Å². The van der Waals surface area contributed by atoms with Gasteiger partial charge in [-0.25, -0.2) is 9.78 Å². The van der Waals surface area contributed by atoms with Gasteiger partial charge in [-0.05, 0) is 25.8 Å². The van der Waals surface area contributed by atoms with Gasteiger partial charge in [-0.3, -0.25) is 15.0 Å². The molecule has 0 spiro atoms. The maximum atomic E-state index is 12.4. The molecule has 2 aliphatic rings. The number of carbonyl (C=O) groups excluding carboxylic acids is 2. The summed E-state index contributed by atoms with van der Waals surface area (Å²) >= 11 is 0. The van der Waals surface area contributed by atoms with Crippen molar-refractivity contribution in [1.82, 2.24) is 10.6 Å². The average molecular weight is 361 g/mol. The third kappa shape index (κ3) is 4.94. The Labute approximate surface area is 155 Å². The van der Waals surface area contributed by atoms with Crippen LogP contribution in [0.5, 0.6) is 0 Å². The summed E-state index contributed by atoms with van der Waals surface area (Å²) in [6, 6.07) is 5.70. The molecular formula is C19H31N5O2+2. The number of hydrogen-bond acceptors (Lipinski definition) is 3. The number of urea groups is 1. The molecule has 1 aliphatic carbocycles. The van der Waals surface area contributed by atoms with E-state index < -0.39 is 0 Å². The molecule has 1 aromatic rings. The average Bonchev–Trinajstić information content (AvgIpc) is 2.69. The second kappa shape index (κ2) is 8.98. The van der Waals surface area contributed by atoms with E-state index in [-0.39, 0.29) is 24.0 Å². The predicted molar refractivity (Wildman–Crippen MR) is 98.9 cm³/mol. The van der Waals surface area contributed by atoms with E-state index in [4.69, 9.17) is 0 Å². The van der Waals surface area contributed by atoms with Crippen molar-refractivity contribution in [3.8, 4) is 0 Å². The summed E-state index contributed by atoms with van der Waals surface area (Å²) in [5.41, 5.74) is 0. The van der Waals surface area contributed by atoms with E-state index >= 15 is 0 Å². The van der Waals surface area contributed by atoms with Crippen LogP contribution in [0.25, 0.3) is 0 Å². The number of quaternary nitrogens is 1. The van der Waals surface area contributed by atoms with Crippen molar-refractivity contribution in [2.75, 3.05) is 31.1 Å². The highest BCUT2D eigenvalue weighted by atomic mass is 16.2. The number of amides is 3. The van der Waals surface area contributed by atoms with E-state index in [2.05, 4.69) is 26.6 Å². The molecule has 1 aromatic heterocycles. The molecule has 1 atom stereocenters. The lowest BCUT2D eigenvalue weighted by atomic mass is 9.96. The summed E-state index contributed by atoms with van der Waals surface area (Å²) in [6.45, 7) is 5.44. The Morgan fingerprint density at radius 2 is 1.92 bits per heavy atom. The second-order valence-corrected chi connectivity index (χ2v) is 7.41. The SMILES string of the molecule is C[C@@H](C(=O)NC(=O)NC1CCCCC1)[NH+]1CCN(c2cccc[nH+]2)CC1. The van der Waals surface area contributed by atoms with Crippen LogP contribution in [0.2, 0.25) is 0 Å². The Morgan fingerprint density at radius 1 is 1.19 bits per heavy atom. The third-order valence-corrected chi connectivity index (χ3v) is 5.62. The molecule has 3 rings (SSSR count). The minimum atomic E-state index is -0.342. The van der Waals surface area contributed by atoms with Crippen LogP contribution in [0.1, 0.15) is 39.0 Å². The maximum absolute atomic E-state index is 12.4. The molecule has 7 heteroatoms. The summed E-state index contributed by atoms with van der Waals surface area (Å²) in [7, 11) is 0. The zero-order valence-electron chi connectivity index (χ0n) is 15.6. The van der Waals surface area contributed by atoms with Crippen molar-refractivity contribution in [3.63, 3.8) is 0 Å². The van der Waals surface area contributed by atoms with E-state index in [0.717, 1.165) is 57.7 Å². The molecule has 0 bridgehead atoms. The van der Waals surface area contributed by atoms with Crippen LogP contribution in [0.4, 0.5) is 10.6 Å². The summed E-state index contributed by atoms with van der Waals surface area (Å²) in [5.74, 6) is 0.920. The lowest BCUT2D eigenvalue weighted by molar-refractivity contribution is -0.914. The normalized spacial score (nSPS) is 20.4. The summed E-state index contributed by atoms with van der Waals surface area (Å²) in [6.07, 6.45) is 7.51. The molecule has 4 N–H and O–H groups in total. The molecule has 3 amide bonds. The number of aromatic nitrogens is 1. The van der Waals surface area contributed by atoms with Gasteiger partial charge in [0, 0.05) is 12.1 Å². The van der Waals surface area contributed by atoms with Crippen molar-refractivity contribution >= 4 is 17.8 Å². The Hall–Kier alpha value is -2.15. The zero-order valence-corrected chi connectivity index (χ0v) is 15.6. The molecule has 26 heavy (non-hydrogen) atoms. The largest absolute Gasteiger partial charge is 0.335 e. The Balaban J connectivity index is 1.43. The summed E-state index contributed by atoms with van der Waals surface area (Å²) in [5, 5.41) is 5.48. The zero-order chi connectivity index (χ0) is 18.4. The van der Waals surface area contributed by atoms with Gasteiger partial charge in [0.15, 0.2) is 6.04 Å². The fourth-order valence-corrected chi connectivity index (χ4v) is 3.92. The number of hydrogen-bond donors (Lipinski definition) is 3. The van der Waals surface area contributed by atoms with Crippen LogP contribution in [0.15, 0.2) is 24.4 Å².